The molecule has 0 aromatic heterocycles. The van der Waals surface area contributed by atoms with Crippen LogP contribution in [0.4, 0.5) is 0 Å². The van der Waals surface area contributed by atoms with Crippen molar-refractivity contribution >= 4 is 0 Å². The normalized spacial score (nSPS) is 49.6. The van der Waals surface area contributed by atoms with Gasteiger partial charge in [-0.25, -0.2) is 0 Å². The molecule has 1 spiro atoms. The van der Waals surface area contributed by atoms with Crippen molar-refractivity contribution in [1.29, 1.82) is 0 Å². The molecule has 1 aliphatic carbocycles. The van der Waals surface area contributed by atoms with Gasteiger partial charge in [-0.15, -0.1) is 0 Å². The van der Waals surface area contributed by atoms with Gasteiger partial charge in [-0.1, -0.05) is 0 Å². The van der Waals surface area contributed by atoms with Crippen molar-refractivity contribution in [2.75, 3.05) is 13.6 Å². The Morgan fingerprint density at radius 2 is 1.85 bits per heavy atom. The molecule has 1 saturated carbocycles. The van der Waals surface area contributed by atoms with E-state index >= 15 is 0 Å². The molecule has 2 heteroatoms. The summed E-state index contributed by atoms with van der Waals surface area (Å²) in [5.74, 6) is 0.922. The lowest BCUT2D eigenvalue weighted by Gasteiger charge is -2.33. The Morgan fingerprint density at radius 3 is 2.38 bits per heavy atom. The fourth-order valence-electron chi connectivity index (χ4n) is 3.19. The lowest BCUT2D eigenvalue weighted by molar-refractivity contribution is -0.0625. The van der Waals surface area contributed by atoms with E-state index in [1.165, 1.54) is 25.8 Å². The third-order valence-electron chi connectivity index (χ3n) is 3.66. The summed E-state index contributed by atoms with van der Waals surface area (Å²) in [6.07, 6.45) is 4.94. The highest BCUT2D eigenvalue weighted by Crippen LogP contribution is 2.60. The smallest absolute Gasteiger partial charge is 0.0556 e. The number of nitrogens with one attached hydrogen (secondary N) is 1. The van der Waals surface area contributed by atoms with Crippen molar-refractivity contribution < 1.29 is 4.74 Å². The van der Waals surface area contributed by atoms with Gasteiger partial charge < -0.3 is 10.1 Å². The van der Waals surface area contributed by atoms with Crippen LogP contribution >= 0.6 is 0 Å². The first-order valence-corrected chi connectivity index (χ1v) is 5.46. The number of hydrogen-bond acceptors (Lipinski definition) is 2. The van der Waals surface area contributed by atoms with E-state index in [-0.39, 0.29) is 0 Å². The van der Waals surface area contributed by atoms with Crippen LogP contribution in [-0.2, 0) is 4.74 Å². The highest BCUT2D eigenvalue weighted by molar-refractivity contribution is 5.06. The summed E-state index contributed by atoms with van der Waals surface area (Å²) < 4.78 is 5.77. The van der Waals surface area contributed by atoms with Crippen LogP contribution in [0.25, 0.3) is 0 Å². The van der Waals surface area contributed by atoms with Crippen molar-refractivity contribution in [2.24, 2.45) is 11.3 Å². The molecule has 13 heavy (non-hydrogen) atoms. The summed E-state index contributed by atoms with van der Waals surface area (Å²) in [5.41, 5.74) is 0.653. The summed E-state index contributed by atoms with van der Waals surface area (Å²) in [5, 5.41) is 3.29. The molecular formula is C11H21NO. The monoisotopic (exact) mass is 183 g/mol. The standard InChI is InChI=1S/C11H21NO/c1-8-4-11(5-9(2)13-8)6-10(11)7-12-3/h8-10,12H,4-7H2,1-3H3. The van der Waals surface area contributed by atoms with Crippen LogP contribution in [0.2, 0.25) is 0 Å². The van der Waals surface area contributed by atoms with E-state index in [1.54, 1.807) is 0 Å². The molecule has 0 aromatic carbocycles. The molecule has 1 saturated heterocycles. The first-order valence-electron chi connectivity index (χ1n) is 5.46. The van der Waals surface area contributed by atoms with Gasteiger partial charge in [0.15, 0.2) is 0 Å². The Morgan fingerprint density at radius 1 is 1.23 bits per heavy atom. The summed E-state index contributed by atoms with van der Waals surface area (Å²) in [6, 6.07) is 0. The van der Waals surface area contributed by atoms with Crippen molar-refractivity contribution in [1.82, 2.24) is 5.32 Å². The molecule has 0 bridgehead atoms. The average molecular weight is 183 g/mol. The third kappa shape index (κ3) is 1.75. The van der Waals surface area contributed by atoms with E-state index in [0.717, 1.165) is 5.92 Å². The zero-order valence-electron chi connectivity index (χ0n) is 8.97. The molecule has 0 aromatic rings. The van der Waals surface area contributed by atoms with Gasteiger partial charge in [0.1, 0.15) is 0 Å². The quantitative estimate of drug-likeness (QED) is 0.705. The van der Waals surface area contributed by atoms with Crippen LogP contribution in [0.3, 0.4) is 0 Å². The van der Waals surface area contributed by atoms with E-state index in [9.17, 15) is 0 Å². The van der Waals surface area contributed by atoms with Gasteiger partial charge in [-0.05, 0) is 58.0 Å². The minimum atomic E-state index is 0.477. The first kappa shape index (κ1) is 9.47. The molecule has 2 aliphatic rings. The molecule has 3 atom stereocenters. The molecule has 0 radical (unpaired) electrons. The topological polar surface area (TPSA) is 21.3 Å². The fraction of sp³-hybridized carbons (Fsp3) is 1.00. The number of rotatable bonds is 2. The van der Waals surface area contributed by atoms with E-state index in [4.69, 9.17) is 4.74 Å². The van der Waals surface area contributed by atoms with E-state index in [0.29, 0.717) is 17.6 Å². The second-order valence-electron chi connectivity index (χ2n) is 4.99. The van der Waals surface area contributed by atoms with Gasteiger partial charge >= 0.3 is 0 Å². The predicted octanol–water partition coefficient (Wildman–Crippen LogP) is 1.80. The molecule has 0 amide bonds. The number of hydrogen-bond donors (Lipinski definition) is 1. The zero-order valence-corrected chi connectivity index (χ0v) is 8.97. The summed E-state index contributed by atoms with van der Waals surface area (Å²) >= 11 is 0. The first-order chi connectivity index (χ1) is 6.16. The van der Waals surface area contributed by atoms with Crippen LogP contribution in [-0.4, -0.2) is 25.8 Å². The van der Waals surface area contributed by atoms with Crippen LogP contribution < -0.4 is 5.32 Å². The van der Waals surface area contributed by atoms with Crippen molar-refractivity contribution in [2.45, 2.75) is 45.3 Å². The van der Waals surface area contributed by atoms with Crippen LogP contribution in [0, 0.1) is 11.3 Å². The zero-order chi connectivity index (χ0) is 9.47. The Labute approximate surface area is 81.0 Å². The van der Waals surface area contributed by atoms with Crippen molar-refractivity contribution in [3.05, 3.63) is 0 Å². The second kappa shape index (κ2) is 3.25. The van der Waals surface area contributed by atoms with Gasteiger partial charge in [-0.2, -0.15) is 0 Å². The maximum atomic E-state index is 5.77. The molecule has 3 unspecified atom stereocenters. The minimum Gasteiger partial charge on any atom is -0.376 e. The average Bonchev–Trinajstić information content (AvgIpc) is 2.60. The van der Waals surface area contributed by atoms with E-state index < -0.39 is 0 Å². The van der Waals surface area contributed by atoms with E-state index in [1.807, 2.05) is 0 Å². The molecular weight excluding hydrogens is 162 g/mol. The number of ether oxygens (including phenoxy) is 1. The Hall–Kier alpha value is -0.0800. The van der Waals surface area contributed by atoms with Gasteiger partial charge in [0, 0.05) is 0 Å². The molecule has 76 valence electrons. The maximum absolute atomic E-state index is 5.77. The van der Waals surface area contributed by atoms with Crippen LogP contribution in [0.15, 0.2) is 0 Å². The summed E-state index contributed by atoms with van der Waals surface area (Å²) in [4.78, 5) is 0. The van der Waals surface area contributed by atoms with Crippen LogP contribution in [0.1, 0.15) is 33.1 Å². The molecule has 1 heterocycles. The van der Waals surface area contributed by atoms with Crippen molar-refractivity contribution in [3.63, 3.8) is 0 Å². The van der Waals surface area contributed by atoms with Gasteiger partial charge in [-0.3, -0.25) is 0 Å². The largest absolute Gasteiger partial charge is 0.376 e. The summed E-state index contributed by atoms with van der Waals surface area (Å²) in [7, 11) is 2.05. The molecule has 2 fully saturated rings. The SMILES string of the molecule is CNCC1CC12CC(C)OC(C)C2. The Bertz CT molecular complexity index is 183. The summed E-state index contributed by atoms with van der Waals surface area (Å²) in [6.45, 7) is 5.62. The van der Waals surface area contributed by atoms with Crippen molar-refractivity contribution in [3.8, 4) is 0 Å². The predicted molar refractivity (Wildman–Crippen MR) is 53.7 cm³/mol. The van der Waals surface area contributed by atoms with Gasteiger partial charge in [0.2, 0.25) is 0 Å². The van der Waals surface area contributed by atoms with Gasteiger partial charge in [0.05, 0.1) is 12.2 Å². The maximum Gasteiger partial charge on any atom is 0.0556 e. The minimum absolute atomic E-state index is 0.477. The molecule has 2 rings (SSSR count). The Balaban J connectivity index is 1.93. The molecule has 1 N–H and O–H groups in total. The highest BCUT2D eigenvalue weighted by atomic mass is 16.5. The fourth-order valence-corrected chi connectivity index (χ4v) is 3.19. The second-order valence-corrected chi connectivity index (χ2v) is 4.99. The highest BCUT2D eigenvalue weighted by Gasteiger charge is 2.56. The van der Waals surface area contributed by atoms with E-state index in [2.05, 4.69) is 26.2 Å². The third-order valence-corrected chi connectivity index (χ3v) is 3.66. The molecule has 1 aliphatic heterocycles. The Kier molecular flexibility index (Phi) is 2.37. The van der Waals surface area contributed by atoms with Gasteiger partial charge in [0.25, 0.3) is 0 Å². The van der Waals surface area contributed by atoms with Crippen LogP contribution in [0.5, 0.6) is 0 Å². The lowest BCUT2D eigenvalue weighted by Crippen LogP contribution is -2.32. The lowest BCUT2D eigenvalue weighted by atomic mass is 9.87. The molecule has 2 nitrogen and oxygen atoms in total.